The monoisotopic (exact) mass is 413 g/mol. The molecule has 3 aromatic rings. The Hall–Kier alpha value is -3.19. The average Bonchev–Trinajstić information content (AvgIpc) is 3.12. The summed E-state index contributed by atoms with van der Waals surface area (Å²) in [5.41, 5.74) is 3.93. The number of anilines is 1. The zero-order valence-electron chi connectivity index (χ0n) is 16.0. The van der Waals surface area contributed by atoms with Crippen LogP contribution in [0.15, 0.2) is 36.4 Å². The minimum absolute atomic E-state index is 0.194. The van der Waals surface area contributed by atoms with E-state index in [1.165, 1.54) is 26.4 Å². The Morgan fingerprint density at radius 1 is 1.21 bits per heavy atom. The van der Waals surface area contributed by atoms with Crippen LogP contribution >= 0.6 is 11.6 Å². The van der Waals surface area contributed by atoms with Crippen LogP contribution in [0.4, 0.5) is 10.5 Å². The van der Waals surface area contributed by atoms with Crippen molar-refractivity contribution in [3.8, 4) is 5.75 Å². The van der Waals surface area contributed by atoms with Crippen LogP contribution in [0.1, 0.15) is 21.6 Å². The molecule has 8 heteroatoms. The number of hydrogen-bond acceptors (Lipinski definition) is 4. The average molecular weight is 414 g/mol. The van der Waals surface area contributed by atoms with E-state index in [-0.39, 0.29) is 22.4 Å². The van der Waals surface area contributed by atoms with Crippen molar-refractivity contribution in [2.75, 3.05) is 26.1 Å². The van der Waals surface area contributed by atoms with Crippen LogP contribution in [0.5, 0.6) is 5.75 Å². The number of amides is 2. The van der Waals surface area contributed by atoms with Gasteiger partial charge < -0.3 is 24.7 Å². The number of methoxy groups -OCH3 is 2. The van der Waals surface area contributed by atoms with Gasteiger partial charge >= 0.3 is 12.0 Å². The van der Waals surface area contributed by atoms with E-state index in [0.29, 0.717) is 18.8 Å². The first-order chi connectivity index (χ1) is 14.0. The van der Waals surface area contributed by atoms with Gasteiger partial charge in [-0.1, -0.05) is 29.8 Å². The Labute approximate surface area is 172 Å². The summed E-state index contributed by atoms with van der Waals surface area (Å²) in [5.74, 6) is -0.293. The van der Waals surface area contributed by atoms with E-state index in [9.17, 15) is 9.59 Å². The fourth-order valence-corrected chi connectivity index (χ4v) is 3.83. The largest absolute Gasteiger partial charge is 0.496 e. The molecule has 2 aromatic carbocycles. The summed E-state index contributed by atoms with van der Waals surface area (Å²) in [6.45, 7) is 1.08. The lowest BCUT2D eigenvalue weighted by Gasteiger charge is -2.27. The number of carbonyl (C=O) groups excluding carboxylic acids is 2. The molecule has 2 heterocycles. The highest BCUT2D eigenvalue weighted by Crippen LogP contribution is 2.32. The molecule has 1 aromatic heterocycles. The van der Waals surface area contributed by atoms with Crippen molar-refractivity contribution < 1.29 is 19.1 Å². The number of esters is 1. The van der Waals surface area contributed by atoms with E-state index in [1.807, 2.05) is 18.2 Å². The maximum Gasteiger partial charge on any atom is 0.341 e. The first kappa shape index (κ1) is 19.1. The molecule has 0 saturated heterocycles. The standard InChI is InChI=1S/C21H20ClN3O4/c1-28-19-10-18(15(22)9-13(19)20(26)29-2)24-21(27)25-8-7-17-14(11-25)12-5-3-4-6-16(12)23-17/h3-6,9-10,23H,7-8,11H2,1-2H3,(H,24,27). The zero-order chi connectivity index (χ0) is 20.5. The van der Waals surface area contributed by atoms with Gasteiger partial charge in [0.05, 0.1) is 24.9 Å². The van der Waals surface area contributed by atoms with Gasteiger partial charge in [0.25, 0.3) is 0 Å². The van der Waals surface area contributed by atoms with Crippen molar-refractivity contribution in [3.63, 3.8) is 0 Å². The number of fused-ring (bicyclic) bond motifs is 3. The molecule has 2 amide bonds. The van der Waals surface area contributed by atoms with Crippen molar-refractivity contribution in [3.05, 3.63) is 58.2 Å². The van der Waals surface area contributed by atoms with E-state index in [1.54, 1.807) is 4.90 Å². The maximum atomic E-state index is 12.9. The highest BCUT2D eigenvalue weighted by Gasteiger charge is 2.25. The number of rotatable bonds is 3. The zero-order valence-corrected chi connectivity index (χ0v) is 16.8. The van der Waals surface area contributed by atoms with Crippen LogP contribution < -0.4 is 10.1 Å². The molecule has 29 heavy (non-hydrogen) atoms. The molecule has 0 fully saturated rings. The molecule has 4 rings (SSSR count). The molecule has 1 aliphatic heterocycles. The molecule has 0 saturated carbocycles. The topological polar surface area (TPSA) is 83.7 Å². The molecule has 0 bridgehead atoms. The third-order valence-corrected chi connectivity index (χ3v) is 5.42. The number of hydrogen-bond donors (Lipinski definition) is 2. The van der Waals surface area contributed by atoms with Crippen LogP contribution in [0.25, 0.3) is 10.9 Å². The molecule has 0 atom stereocenters. The number of nitrogens with zero attached hydrogens (tertiary/aromatic N) is 1. The summed E-state index contributed by atoms with van der Waals surface area (Å²) in [5, 5.41) is 4.18. The van der Waals surface area contributed by atoms with E-state index in [2.05, 4.69) is 16.4 Å². The number of aromatic amines is 1. The summed E-state index contributed by atoms with van der Waals surface area (Å²) in [6, 6.07) is 10.7. The van der Waals surface area contributed by atoms with E-state index < -0.39 is 5.97 Å². The van der Waals surface area contributed by atoms with Gasteiger partial charge in [-0.05, 0) is 12.1 Å². The van der Waals surface area contributed by atoms with Crippen LogP contribution in [-0.4, -0.2) is 42.6 Å². The normalized spacial score (nSPS) is 13.1. The smallest absolute Gasteiger partial charge is 0.341 e. The Morgan fingerprint density at radius 2 is 2.00 bits per heavy atom. The molecule has 7 nitrogen and oxygen atoms in total. The van der Waals surface area contributed by atoms with Crippen molar-refractivity contribution in [1.29, 1.82) is 0 Å². The van der Waals surface area contributed by atoms with Gasteiger partial charge in [-0.15, -0.1) is 0 Å². The summed E-state index contributed by atoms with van der Waals surface area (Å²) in [7, 11) is 2.71. The molecular formula is C21H20ClN3O4. The summed E-state index contributed by atoms with van der Waals surface area (Å²) < 4.78 is 9.98. The first-order valence-corrected chi connectivity index (χ1v) is 9.50. The SMILES string of the molecule is COC(=O)c1cc(Cl)c(NC(=O)N2CCc3[nH]c4ccccc4c3C2)cc1OC. The second-order valence-corrected chi connectivity index (χ2v) is 7.16. The second-order valence-electron chi connectivity index (χ2n) is 6.75. The van der Waals surface area contributed by atoms with Crippen LogP contribution in [0, 0.1) is 0 Å². The van der Waals surface area contributed by atoms with Crippen LogP contribution in [-0.2, 0) is 17.7 Å². The Kier molecular flexibility index (Phi) is 5.07. The van der Waals surface area contributed by atoms with Crippen molar-refractivity contribution in [2.24, 2.45) is 0 Å². The van der Waals surface area contributed by atoms with Crippen LogP contribution in [0.2, 0.25) is 5.02 Å². The summed E-state index contributed by atoms with van der Waals surface area (Å²) in [4.78, 5) is 29.9. The van der Waals surface area contributed by atoms with E-state index >= 15 is 0 Å². The molecule has 2 N–H and O–H groups in total. The maximum absolute atomic E-state index is 12.9. The van der Waals surface area contributed by atoms with E-state index in [4.69, 9.17) is 21.1 Å². The lowest BCUT2D eigenvalue weighted by Crippen LogP contribution is -2.38. The fraction of sp³-hybridized carbons (Fsp3) is 0.238. The Bertz CT molecular complexity index is 1110. The number of urea groups is 1. The third kappa shape index (κ3) is 3.49. The number of carbonyl (C=O) groups is 2. The van der Waals surface area contributed by atoms with Crippen molar-refractivity contribution >= 4 is 40.2 Å². The second kappa shape index (κ2) is 7.67. The van der Waals surface area contributed by atoms with Gasteiger partial charge in [0, 0.05) is 47.7 Å². The Balaban J connectivity index is 1.56. The first-order valence-electron chi connectivity index (χ1n) is 9.12. The Morgan fingerprint density at radius 3 is 2.76 bits per heavy atom. The highest BCUT2D eigenvalue weighted by molar-refractivity contribution is 6.34. The number of halogens is 1. The highest BCUT2D eigenvalue weighted by atomic mass is 35.5. The minimum Gasteiger partial charge on any atom is -0.496 e. The number of para-hydroxylation sites is 1. The minimum atomic E-state index is -0.565. The number of H-pyrrole nitrogens is 1. The van der Waals surface area contributed by atoms with Crippen molar-refractivity contribution in [1.82, 2.24) is 9.88 Å². The van der Waals surface area contributed by atoms with Gasteiger partial charge in [-0.25, -0.2) is 9.59 Å². The number of aromatic nitrogens is 1. The predicted octanol–water partition coefficient (Wildman–Crippen LogP) is 4.21. The van der Waals surface area contributed by atoms with Crippen LogP contribution in [0.3, 0.4) is 0 Å². The summed E-state index contributed by atoms with van der Waals surface area (Å²) >= 11 is 6.28. The lowest BCUT2D eigenvalue weighted by molar-refractivity contribution is 0.0597. The van der Waals surface area contributed by atoms with Crippen molar-refractivity contribution in [2.45, 2.75) is 13.0 Å². The third-order valence-electron chi connectivity index (χ3n) is 5.11. The van der Waals surface area contributed by atoms with E-state index in [0.717, 1.165) is 28.6 Å². The number of nitrogens with one attached hydrogen (secondary N) is 2. The quantitative estimate of drug-likeness (QED) is 0.630. The molecule has 0 unspecified atom stereocenters. The summed E-state index contributed by atoms with van der Waals surface area (Å²) in [6.07, 6.45) is 0.746. The molecule has 0 aliphatic carbocycles. The number of ether oxygens (including phenoxy) is 2. The van der Waals surface area contributed by atoms with Gasteiger partial charge in [-0.2, -0.15) is 0 Å². The molecule has 0 radical (unpaired) electrons. The molecule has 1 aliphatic rings. The molecule has 150 valence electrons. The van der Waals surface area contributed by atoms with Gasteiger partial charge in [0.15, 0.2) is 0 Å². The molecular weight excluding hydrogens is 394 g/mol. The predicted molar refractivity (Wildman–Crippen MR) is 111 cm³/mol. The van der Waals surface area contributed by atoms with Gasteiger partial charge in [0.2, 0.25) is 0 Å². The fourth-order valence-electron chi connectivity index (χ4n) is 3.62. The lowest BCUT2D eigenvalue weighted by atomic mass is 10.0. The molecule has 0 spiro atoms. The number of benzene rings is 2. The van der Waals surface area contributed by atoms with Gasteiger partial charge in [-0.3, -0.25) is 0 Å². The van der Waals surface area contributed by atoms with Gasteiger partial charge in [0.1, 0.15) is 11.3 Å².